The van der Waals surface area contributed by atoms with E-state index >= 15 is 0 Å². The van der Waals surface area contributed by atoms with Crippen LogP contribution in [0.2, 0.25) is 0 Å². The van der Waals surface area contributed by atoms with Crippen molar-refractivity contribution in [3.05, 3.63) is 48.0 Å². The molecule has 2 aromatic carbocycles. The first kappa shape index (κ1) is 23.9. The molecule has 33 heavy (non-hydrogen) atoms. The Bertz CT molecular complexity index is 1080. The van der Waals surface area contributed by atoms with Gasteiger partial charge in [-0.3, -0.25) is 4.79 Å². The predicted molar refractivity (Wildman–Crippen MR) is 132 cm³/mol. The molecular formula is C24H31N3O4S2. The molecule has 0 saturated carbocycles. The lowest BCUT2D eigenvalue weighted by atomic mass is 10.1. The molecule has 0 aliphatic carbocycles. The number of thioether (sulfide) groups is 1. The summed E-state index contributed by atoms with van der Waals surface area (Å²) in [4.78, 5) is 18.2. The number of sulfonamides is 1. The summed E-state index contributed by atoms with van der Waals surface area (Å²) in [6.45, 7) is 3.47. The number of carbonyl (C=O) groups is 1. The van der Waals surface area contributed by atoms with Crippen LogP contribution in [0.15, 0.2) is 52.3 Å². The number of amides is 1. The van der Waals surface area contributed by atoms with Gasteiger partial charge in [0.25, 0.3) is 5.91 Å². The normalized spacial score (nSPS) is 17.8. The highest BCUT2D eigenvalue weighted by atomic mass is 32.2. The van der Waals surface area contributed by atoms with E-state index in [1.807, 2.05) is 35.4 Å². The zero-order chi connectivity index (χ0) is 23.4. The van der Waals surface area contributed by atoms with Crippen molar-refractivity contribution in [2.24, 2.45) is 0 Å². The number of benzene rings is 2. The van der Waals surface area contributed by atoms with Gasteiger partial charge in [-0.05, 0) is 68.0 Å². The molecule has 0 spiro atoms. The van der Waals surface area contributed by atoms with Crippen molar-refractivity contribution >= 4 is 33.4 Å². The van der Waals surface area contributed by atoms with Gasteiger partial charge in [0.15, 0.2) is 0 Å². The van der Waals surface area contributed by atoms with E-state index in [0.717, 1.165) is 48.7 Å². The highest BCUT2D eigenvalue weighted by Gasteiger charge is 2.30. The van der Waals surface area contributed by atoms with Crippen LogP contribution in [0.25, 0.3) is 0 Å². The predicted octanol–water partition coefficient (Wildman–Crippen LogP) is 3.55. The molecule has 2 aliphatic heterocycles. The molecule has 2 saturated heterocycles. The number of methoxy groups -OCH3 is 1. The Hall–Kier alpha value is -2.23. The molecule has 9 heteroatoms. The van der Waals surface area contributed by atoms with Gasteiger partial charge in [0.2, 0.25) is 10.0 Å². The van der Waals surface area contributed by atoms with Crippen molar-refractivity contribution < 1.29 is 17.9 Å². The smallest absolute Gasteiger partial charge is 0.255 e. The van der Waals surface area contributed by atoms with Gasteiger partial charge in [-0.2, -0.15) is 4.31 Å². The number of rotatable bonds is 6. The average Bonchev–Trinajstić information content (AvgIpc) is 2.88. The molecule has 0 unspecified atom stereocenters. The van der Waals surface area contributed by atoms with E-state index in [9.17, 15) is 13.2 Å². The lowest BCUT2D eigenvalue weighted by Gasteiger charge is -2.35. The SMILES string of the molecule is COc1ccc(N2CCN(S(=O)(=O)c3ccc(SC)c(C(=O)N4CCCCC4)c3)CC2)cc1. The molecule has 1 amide bonds. The Morgan fingerprint density at radius 2 is 1.58 bits per heavy atom. The van der Waals surface area contributed by atoms with Gasteiger partial charge in [0.05, 0.1) is 17.6 Å². The molecular weight excluding hydrogens is 458 g/mol. The van der Waals surface area contributed by atoms with E-state index < -0.39 is 10.0 Å². The van der Waals surface area contributed by atoms with E-state index in [1.165, 1.54) is 16.1 Å². The van der Waals surface area contributed by atoms with Crippen LogP contribution < -0.4 is 9.64 Å². The number of piperidine rings is 1. The number of hydrogen-bond donors (Lipinski definition) is 0. The average molecular weight is 490 g/mol. The molecule has 7 nitrogen and oxygen atoms in total. The Labute approximate surface area is 200 Å². The maximum atomic E-state index is 13.4. The Morgan fingerprint density at radius 1 is 0.909 bits per heavy atom. The third-order valence-electron chi connectivity index (χ3n) is 6.36. The second-order valence-corrected chi connectivity index (χ2v) is 11.1. The topological polar surface area (TPSA) is 70.2 Å². The summed E-state index contributed by atoms with van der Waals surface area (Å²) >= 11 is 1.47. The minimum atomic E-state index is -3.68. The van der Waals surface area contributed by atoms with Crippen molar-refractivity contribution in [1.82, 2.24) is 9.21 Å². The Morgan fingerprint density at radius 3 is 2.18 bits per heavy atom. The van der Waals surface area contributed by atoms with Gasteiger partial charge in [-0.1, -0.05) is 0 Å². The molecule has 2 heterocycles. The van der Waals surface area contributed by atoms with E-state index in [2.05, 4.69) is 4.90 Å². The minimum Gasteiger partial charge on any atom is -0.497 e. The van der Waals surface area contributed by atoms with Gasteiger partial charge in [0.1, 0.15) is 5.75 Å². The van der Waals surface area contributed by atoms with Crippen LogP contribution in [0.3, 0.4) is 0 Å². The Kier molecular flexibility index (Phi) is 7.51. The highest BCUT2D eigenvalue weighted by molar-refractivity contribution is 7.98. The first-order chi connectivity index (χ1) is 15.9. The maximum Gasteiger partial charge on any atom is 0.255 e. The van der Waals surface area contributed by atoms with Crippen molar-refractivity contribution in [2.45, 2.75) is 29.1 Å². The first-order valence-electron chi connectivity index (χ1n) is 11.3. The summed E-state index contributed by atoms with van der Waals surface area (Å²) in [5.41, 5.74) is 1.54. The van der Waals surface area contributed by atoms with E-state index in [1.54, 1.807) is 25.3 Å². The van der Waals surface area contributed by atoms with Gasteiger partial charge in [-0.25, -0.2) is 8.42 Å². The summed E-state index contributed by atoms with van der Waals surface area (Å²) < 4.78 is 33.6. The van der Waals surface area contributed by atoms with Crippen LogP contribution in [0, 0.1) is 0 Å². The summed E-state index contributed by atoms with van der Waals surface area (Å²) in [6.07, 6.45) is 5.04. The molecule has 0 bridgehead atoms. The number of likely N-dealkylation sites (tertiary alicyclic amines) is 1. The fourth-order valence-electron chi connectivity index (χ4n) is 4.41. The quantitative estimate of drug-likeness (QED) is 0.578. The number of carbonyl (C=O) groups excluding carboxylic acids is 1. The molecule has 0 N–H and O–H groups in total. The van der Waals surface area contributed by atoms with Crippen molar-refractivity contribution in [1.29, 1.82) is 0 Å². The monoisotopic (exact) mass is 489 g/mol. The van der Waals surface area contributed by atoms with Gasteiger partial charge < -0.3 is 14.5 Å². The zero-order valence-corrected chi connectivity index (χ0v) is 20.8. The van der Waals surface area contributed by atoms with Gasteiger partial charge in [0, 0.05) is 49.9 Å². The number of hydrogen-bond acceptors (Lipinski definition) is 6. The van der Waals surface area contributed by atoms with Crippen LogP contribution in [-0.2, 0) is 10.0 Å². The van der Waals surface area contributed by atoms with Crippen LogP contribution >= 0.6 is 11.8 Å². The van der Waals surface area contributed by atoms with E-state index in [0.29, 0.717) is 31.7 Å². The summed E-state index contributed by atoms with van der Waals surface area (Å²) in [7, 11) is -2.05. The molecule has 178 valence electrons. The van der Waals surface area contributed by atoms with Crippen molar-refractivity contribution in [3.8, 4) is 5.75 Å². The van der Waals surface area contributed by atoms with Crippen molar-refractivity contribution in [2.75, 3.05) is 57.5 Å². The number of anilines is 1. The highest BCUT2D eigenvalue weighted by Crippen LogP contribution is 2.29. The molecule has 2 fully saturated rings. The summed E-state index contributed by atoms with van der Waals surface area (Å²) in [6, 6.07) is 12.8. The molecule has 0 aromatic heterocycles. The third-order valence-corrected chi connectivity index (χ3v) is 9.05. The van der Waals surface area contributed by atoms with Gasteiger partial charge in [-0.15, -0.1) is 11.8 Å². The van der Waals surface area contributed by atoms with E-state index in [4.69, 9.17) is 4.74 Å². The van der Waals surface area contributed by atoms with E-state index in [-0.39, 0.29) is 10.8 Å². The second-order valence-electron chi connectivity index (χ2n) is 8.30. The molecule has 2 aromatic rings. The van der Waals surface area contributed by atoms with Crippen LogP contribution in [0.1, 0.15) is 29.6 Å². The van der Waals surface area contributed by atoms with Gasteiger partial charge >= 0.3 is 0 Å². The summed E-state index contributed by atoms with van der Waals surface area (Å²) in [5, 5.41) is 0. The second kappa shape index (κ2) is 10.4. The molecule has 2 aliphatic rings. The first-order valence-corrected chi connectivity index (χ1v) is 14.0. The Balaban J connectivity index is 1.50. The number of ether oxygens (including phenoxy) is 1. The zero-order valence-electron chi connectivity index (χ0n) is 19.2. The minimum absolute atomic E-state index is 0.0691. The fraction of sp³-hybridized carbons (Fsp3) is 0.458. The lowest BCUT2D eigenvalue weighted by Crippen LogP contribution is -2.48. The number of nitrogens with zero attached hydrogens (tertiary/aromatic N) is 3. The summed E-state index contributed by atoms with van der Waals surface area (Å²) in [5.74, 6) is 0.726. The van der Waals surface area contributed by atoms with Crippen molar-refractivity contribution in [3.63, 3.8) is 0 Å². The largest absolute Gasteiger partial charge is 0.497 e. The third kappa shape index (κ3) is 5.15. The molecule has 0 radical (unpaired) electrons. The van der Waals surface area contributed by atoms with Crippen LogP contribution in [-0.4, -0.2) is 76.2 Å². The maximum absolute atomic E-state index is 13.4. The standard InChI is InChI=1S/C24H31N3O4S2/c1-31-20-8-6-19(7-9-20)25-14-16-27(17-15-25)33(29,30)21-10-11-23(32-2)22(18-21)24(28)26-12-4-3-5-13-26/h6-11,18H,3-5,12-17H2,1-2H3. The van der Waals surface area contributed by atoms with Crippen LogP contribution in [0.4, 0.5) is 5.69 Å². The fourth-order valence-corrected chi connectivity index (χ4v) is 6.43. The van der Waals surface area contributed by atoms with Crippen LogP contribution in [0.5, 0.6) is 5.75 Å². The number of piperazine rings is 1. The lowest BCUT2D eigenvalue weighted by molar-refractivity contribution is 0.0720. The molecule has 0 atom stereocenters. The molecule has 4 rings (SSSR count).